The third-order valence-corrected chi connectivity index (χ3v) is 4.28. The van der Waals surface area contributed by atoms with Crippen LogP contribution in [-0.4, -0.2) is 31.7 Å². The Labute approximate surface area is 179 Å². The Bertz CT molecular complexity index is 1050. The first-order valence-corrected chi connectivity index (χ1v) is 9.66. The lowest BCUT2D eigenvalue weighted by molar-refractivity contribution is -0.118. The number of anilines is 1. The van der Waals surface area contributed by atoms with Gasteiger partial charge in [0.25, 0.3) is 5.91 Å². The number of hydrogen-bond acceptors (Lipinski definition) is 5. The number of nitrogens with one attached hydrogen (secondary N) is 1. The highest BCUT2D eigenvalue weighted by Gasteiger charge is 2.15. The molecule has 3 rings (SSSR count). The Balaban J connectivity index is 1.51. The molecule has 0 aliphatic heterocycles. The molecule has 1 N–H and O–H groups in total. The highest BCUT2D eigenvalue weighted by atomic mass is 19.1. The second-order valence-electron chi connectivity index (χ2n) is 6.56. The normalized spacial score (nSPS) is 10.3. The smallest absolute Gasteiger partial charge is 0.342 e. The summed E-state index contributed by atoms with van der Waals surface area (Å²) in [5.74, 6) is -0.787. The molecular weight excluding hydrogens is 401 g/mol. The molecule has 0 fully saturated rings. The van der Waals surface area contributed by atoms with Crippen molar-refractivity contribution in [2.45, 2.75) is 6.92 Å². The molecular formula is C24H22FNO5. The number of esters is 1. The standard InChI is InChI=1S/C24H22FNO5/c1-17-8-2-6-12-21(17)29-14-15-30-24(28)18-9-3-7-13-22(18)31-16-23(27)26-20-11-5-4-10-19(20)25/h2-13H,14-16H2,1H3,(H,26,27). The van der Waals surface area contributed by atoms with E-state index < -0.39 is 24.3 Å². The number of aryl methyl sites for hydroxylation is 1. The van der Waals surface area contributed by atoms with E-state index in [4.69, 9.17) is 14.2 Å². The van der Waals surface area contributed by atoms with Crippen LogP contribution in [0.2, 0.25) is 0 Å². The number of rotatable bonds is 9. The molecule has 0 aromatic heterocycles. The minimum absolute atomic E-state index is 0.0509. The Hall–Kier alpha value is -3.87. The number of para-hydroxylation sites is 3. The Morgan fingerprint density at radius 3 is 2.29 bits per heavy atom. The van der Waals surface area contributed by atoms with Crippen LogP contribution < -0.4 is 14.8 Å². The van der Waals surface area contributed by atoms with E-state index in [-0.39, 0.29) is 30.2 Å². The monoisotopic (exact) mass is 423 g/mol. The Morgan fingerprint density at radius 1 is 0.839 bits per heavy atom. The van der Waals surface area contributed by atoms with Crippen LogP contribution >= 0.6 is 0 Å². The number of benzene rings is 3. The van der Waals surface area contributed by atoms with Crippen molar-refractivity contribution in [1.29, 1.82) is 0 Å². The molecule has 0 spiro atoms. The van der Waals surface area contributed by atoms with Crippen molar-refractivity contribution in [2.24, 2.45) is 0 Å². The van der Waals surface area contributed by atoms with Gasteiger partial charge in [0.15, 0.2) is 6.61 Å². The molecule has 0 radical (unpaired) electrons. The van der Waals surface area contributed by atoms with E-state index in [1.54, 1.807) is 24.3 Å². The number of ether oxygens (including phenoxy) is 3. The Kier molecular flexibility index (Phi) is 7.59. The first-order valence-electron chi connectivity index (χ1n) is 9.66. The van der Waals surface area contributed by atoms with Crippen molar-refractivity contribution < 1.29 is 28.2 Å². The summed E-state index contributed by atoms with van der Waals surface area (Å²) < 4.78 is 30.0. The molecule has 7 heteroatoms. The first kappa shape index (κ1) is 21.8. The van der Waals surface area contributed by atoms with Crippen molar-refractivity contribution in [3.05, 3.63) is 89.7 Å². The first-order chi connectivity index (χ1) is 15.0. The minimum Gasteiger partial charge on any atom is -0.490 e. The highest BCUT2D eigenvalue weighted by molar-refractivity contribution is 5.94. The lowest BCUT2D eigenvalue weighted by Gasteiger charge is -2.12. The zero-order valence-electron chi connectivity index (χ0n) is 17.0. The maximum Gasteiger partial charge on any atom is 0.342 e. The van der Waals surface area contributed by atoms with E-state index in [0.29, 0.717) is 0 Å². The number of hydrogen-bond donors (Lipinski definition) is 1. The summed E-state index contributed by atoms with van der Waals surface area (Å²) in [7, 11) is 0. The zero-order chi connectivity index (χ0) is 22.1. The van der Waals surface area contributed by atoms with E-state index in [2.05, 4.69) is 5.32 Å². The lowest BCUT2D eigenvalue weighted by Crippen LogP contribution is -2.21. The van der Waals surface area contributed by atoms with Gasteiger partial charge in [-0.05, 0) is 42.8 Å². The summed E-state index contributed by atoms with van der Waals surface area (Å²) in [6, 6.07) is 19.8. The van der Waals surface area contributed by atoms with Gasteiger partial charge in [-0.2, -0.15) is 0 Å². The van der Waals surface area contributed by atoms with Crippen LogP contribution in [0.4, 0.5) is 10.1 Å². The molecule has 0 aliphatic carbocycles. The fraction of sp³-hybridized carbons (Fsp3) is 0.167. The molecule has 0 heterocycles. The molecule has 6 nitrogen and oxygen atoms in total. The third-order valence-electron chi connectivity index (χ3n) is 4.28. The minimum atomic E-state index is -0.599. The van der Waals surface area contributed by atoms with Gasteiger partial charge < -0.3 is 19.5 Å². The molecule has 0 unspecified atom stereocenters. The fourth-order valence-corrected chi connectivity index (χ4v) is 2.74. The van der Waals surface area contributed by atoms with Gasteiger partial charge >= 0.3 is 5.97 Å². The zero-order valence-corrected chi connectivity index (χ0v) is 17.0. The van der Waals surface area contributed by atoms with E-state index in [1.807, 2.05) is 31.2 Å². The van der Waals surface area contributed by atoms with Crippen molar-refractivity contribution in [3.8, 4) is 11.5 Å². The van der Waals surface area contributed by atoms with E-state index in [0.717, 1.165) is 11.3 Å². The van der Waals surface area contributed by atoms with Crippen molar-refractivity contribution in [3.63, 3.8) is 0 Å². The molecule has 0 atom stereocenters. The average molecular weight is 423 g/mol. The van der Waals surface area contributed by atoms with Crippen molar-refractivity contribution in [2.75, 3.05) is 25.1 Å². The van der Waals surface area contributed by atoms with Gasteiger partial charge in [-0.3, -0.25) is 4.79 Å². The molecule has 3 aromatic carbocycles. The van der Waals surface area contributed by atoms with Crippen LogP contribution in [0.3, 0.4) is 0 Å². The third kappa shape index (κ3) is 6.30. The van der Waals surface area contributed by atoms with Crippen LogP contribution in [0.5, 0.6) is 11.5 Å². The summed E-state index contributed by atoms with van der Waals surface area (Å²) in [5, 5.41) is 2.42. The largest absolute Gasteiger partial charge is 0.490 e. The van der Waals surface area contributed by atoms with Gasteiger partial charge in [-0.15, -0.1) is 0 Å². The molecule has 1 amide bonds. The van der Waals surface area contributed by atoms with Crippen molar-refractivity contribution in [1.82, 2.24) is 0 Å². The predicted molar refractivity (Wildman–Crippen MR) is 114 cm³/mol. The maximum absolute atomic E-state index is 13.6. The van der Waals surface area contributed by atoms with Gasteiger partial charge in [-0.1, -0.05) is 42.5 Å². The molecule has 0 bridgehead atoms. The maximum atomic E-state index is 13.6. The van der Waals surface area contributed by atoms with Crippen LogP contribution in [0.25, 0.3) is 0 Å². The van der Waals surface area contributed by atoms with Gasteiger partial charge in [-0.25, -0.2) is 9.18 Å². The topological polar surface area (TPSA) is 73.9 Å². The van der Waals surface area contributed by atoms with Crippen LogP contribution in [0.1, 0.15) is 15.9 Å². The van der Waals surface area contributed by atoms with Crippen molar-refractivity contribution >= 4 is 17.6 Å². The lowest BCUT2D eigenvalue weighted by atomic mass is 10.2. The fourth-order valence-electron chi connectivity index (χ4n) is 2.74. The van der Waals surface area contributed by atoms with E-state index >= 15 is 0 Å². The molecule has 0 saturated carbocycles. The summed E-state index contributed by atoms with van der Waals surface area (Å²) >= 11 is 0. The van der Waals surface area contributed by atoms with Crippen LogP contribution in [0.15, 0.2) is 72.8 Å². The quantitative estimate of drug-likeness (QED) is 0.408. The molecule has 3 aromatic rings. The molecule has 160 valence electrons. The number of carbonyl (C=O) groups is 2. The summed E-state index contributed by atoms with van der Waals surface area (Å²) in [5.41, 5.74) is 1.22. The Morgan fingerprint density at radius 2 is 1.52 bits per heavy atom. The van der Waals surface area contributed by atoms with Gasteiger partial charge in [0.2, 0.25) is 0 Å². The predicted octanol–water partition coefficient (Wildman–Crippen LogP) is 4.39. The summed E-state index contributed by atoms with van der Waals surface area (Å²) in [6.45, 7) is 1.78. The average Bonchev–Trinajstić information content (AvgIpc) is 2.78. The van der Waals surface area contributed by atoms with Gasteiger partial charge in [0.05, 0.1) is 5.69 Å². The van der Waals surface area contributed by atoms with Crippen LogP contribution in [0, 0.1) is 12.7 Å². The molecule has 0 saturated heterocycles. The number of carbonyl (C=O) groups excluding carboxylic acids is 2. The van der Waals surface area contributed by atoms with Gasteiger partial charge in [0, 0.05) is 0 Å². The SMILES string of the molecule is Cc1ccccc1OCCOC(=O)c1ccccc1OCC(=O)Nc1ccccc1F. The molecule has 31 heavy (non-hydrogen) atoms. The van der Waals surface area contributed by atoms with Crippen LogP contribution in [-0.2, 0) is 9.53 Å². The van der Waals surface area contributed by atoms with Gasteiger partial charge in [0.1, 0.15) is 36.1 Å². The summed E-state index contributed by atoms with van der Waals surface area (Å²) in [4.78, 5) is 24.5. The second kappa shape index (κ2) is 10.8. The van der Waals surface area contributed by atoms with E-state index in [9.17, 15) is 14.0 Å². The van der Waals surface area contributed by atoms with E-state index in [1.165, 1.54) is 24.3 Å². The number of halogens is 1. The molecule has 0 aliphatic rings. The summed E-state index contributed by atoms with van der Waals surface area (Å²) in [6.07, 6.45) is 0. The highest BCUT2D eigenvalue weighted by Crippen LogP contribution is 2.20. The second-order valence-corrected chi connectivity index (χ2v) is 6.56. The number of amides is 1.